The van der Waals surface area contributed by atoms with Crippen LogP contribution in [-0.4, -0.2) is 44.8 Å². The topological polar surface area (TPSA) is 160 Å². The number of unbranched alkanes of at least 4 members (excludes halogenated alkanes) is 2. The first-order valence-corrected chi connectivity index (χ1v) is 10.4. The molecular weight excluding hydrogens is 393 g/mol. The van der Waals surface area contributed by atoms with Crippen molar-refractivity contribution in [2.24, 2.45) is 0 Å². The van der Waals surface area contributed by atoms with E-state index in [0.717, 1.165) is 0 Å². The minimum Gasteiger partial charge on any atom is -0.481 e. The summed E-state index contributed by atoms with van der Waals surface area (Å²) in [4.78, 5) is 45.6. The third kappa shape index (κ3) is 6.84. The van der Waals surface area contributed by atoms with Gasteiger partial charge in [-0.05, 0) is 25.8 Å². The predicted molar refractivity (Wildman–Crippen MR) is 99.0 cm³/mol. The Balaban J connectivity index is 1.75. The highest BCUT2D eigenvalue weighted by Crippen LogP contribution is 2.37. The molecule has 0 bridgehead atoms. The van der Waals surface area contributed by atoms with E-state index in [1.807, 2.05) is 0 Å². The number of H-pyrrole nitrogens is 1. The lowest BCUT2D eigenvalue weighted by Crippen LogP contribution is -2.33. The van der Waals surface area contributed by atoms with Crippen molar-refractivity contribution in [1.29, 1.82) is 0 Å². The highest BCUT2D eigenvalue weighted by molar-refractivity contribution is 7.50. The fourth-order valence-corrected chi connectivity index (χ4v) is 3.42. The number of carboxylic acid groups (broad SMARTS) is 1. The molecule has 1 aliphatic heterocycles. The van der Waals surface area contributed by atoms with Crippen LogP contribution < -0.4 is 16.3 Å². The van der Waals surface area contributed by atoms with E-state index >= 15 is 0 Å². The van der Waals surface area contributed by atoms with E-state index in [4.69, 9.17) is 14.4 Å². The number of ether oxygens (including phenoxy) is 1. The summed E-state index contributed by atoms with van der Waals surface area (Å²) in [5.41, 5.74) is -0.744. The first kappa shape index (κ1) is 22.3. The summed E-state index contributed by atoms with van der Waals surface area (Å²) >= 11 is 0. The second-order valence-corrected chi connectivity index (χ2v) is 7.97. The average Bonchev–Trinajstić information content (AvgIpc) is 3.08. The Morgan fingerprint density at radius 3 is 2.82 bits per heavy atom. The number of aliphatic carboxylic acids is 1. The van der Waals surface area contributed by atoms with Crippen LogP contribution in [0.25, 0.3) is 0 Å². The molecule has 1 unspecified atom stereocenters. The smallest absolute Gasteiger partial charge is 0.403 e. The highest BCUT2D eigenvalue weighted by Gasteiger charge is 2.26. The number of nitrogens with zero attached hydrogens (tertiary/aromatic N) is 1. The van der Waals surface area contributed by atoms with E-state index in [2.05, 4.69) is 10.1 Å². The molecule has 0 spiro atoms. The van der Waals surface area contributed by atoms with Gasteiger partial charge in [0.15, 0.2) is 6.23 Å². The summed E-state index contributed by atoms with van der Waals surface area (Å²) in [6.07, 6.45) is 4.90. The van der Waals surface area contributed by atoms with Gasteiger partial charge in [0.2, 0.25) is 0 Å². The van der Waals surface area contributed by atoms with Gasteiger partial charge in [0, 0.05) is 24.7 Å². The summed E-state index contributed by atoms with van der Waals surface area (Å²) in [6, 6.07) is 0. The predicted octanol–water partition coefficient (Wildman–Crippen LogP) is 0.650. The molecule has 4 N–H and O–H groups in total. The summed E-state index contributed by atoms with van der Waals surface area (Å²) < 4.78 is 23.7. The largest absolute Gasteiger partial charge is 0.481 e. The Bertz CT molecular complexity index is 877. The van der Waals surface area contributed by atoms with Gasteiger partial charge in [0.1, 0.15) is 6.10 Å². The van der Waals surface area contributed by atoms with E-state index in [9.17, 15) is 23.8 Å². The van der Waals surface area contributed by atoms with Crippen molar-refractivity contribution in [2.45, 2.75) is 44.9 Å². The number of rotatable bonds is 11. The van der Waals surface area contributed by atoms with Crippen LogP contribution in [0.1, 0.15) is 37.5 Å². The molecule has 1 aromatic heterocycles. The normalized spacial score (nSPS) is 20.9. The number of carboxylic acids is 1. The van der Waals surface area contributed by atoms with Crippen molar-refractivity contribution in [1.82, 2.24) is 14.6 Å². The third-order valence-corrected chi connectivity index (χ3v) is 5.14. The number of aromatic amines is 1. The van der Waals surface area contributed by atoms with Crippen LogP contribution in [0.2, 0.25) is 0 Å². The number of hydrogen-bond acceptors (Lipinski definition) is 6. The Morgan fingerprint density at radius 2 is 2.11 bits per heavy atom. The van der Waals surface area contributed by atoms with Crippen LogP contribution in [0.15, 0.2) is 27.9 Å². The molecule has 28 heavy (non-hydrogen) atoms. The van der Waals surface area contributed by atoms with E-state index in [1.165, 1.54) is 10.8 Å². The maximum atomic E-state index is 12.0. The van der Waals surface area contributed by atoms with Crippen LogP contribution in [-0.2, 0) is 18.6 Å². The molecule has 0 saturated heterocycles. The van der Waals surface area contributed by atoms with Gasteiger partial charge in [0.25, 0.3) is 5.56 Å². The zero-order valence-electron chi connectivity index (χ0n) is 15.4. The molecule has 0 aromatic carbocycles. The molecule has 0 amide bonds. The van der Waals surface area contributed by atoms with E-state index in [1.54, 1.807) is 19.1 Å². The van der Waals surface area contributed by atoms with E-state index in [-0.39, 0.29) is 19.6 Å². The van der Waals surface area contributed by atoms with Gasteiger partial charge in [-0.15, -0.1) is 0 Å². The lowest BCUT2D eigenvalue weighted by molar-refractivity contribution is -0.137. The minimum atomic E-state index is -4.02. The Hall–Kier alpha value is -2.04. The highest BCUT2D eigenvalue weighted by atomic mass is 31.2. The molecular formula is C16H24N3O8P. The van der Waals surface area contributed by atoms with Gasteiger partial charge in [-0.1, -0.05) is 12.5 Å². The summed E-state index contributed by atoms with van der Waals surface area (Å²) in [5.74, 6) is -0.869. The molecule has 2 heterocycles. The Kier molecular flexibility index (Phi) is 7.90. The van der Waals surface area contributed by atoms with Gasteiger partial charge in [0.05, 0.1) is 6.61 Å². The average molecular weight is 417 g/mol. The number of nitrogens with one attached hydrogen (secondary N) is 2. The first-order valence-electron chi connectivity index (χ1n) is 8.78. The van der Waals surface area contributed by atoms with Crippen molar-refractivity contribution in [3.63, 3.8) is 0 Å². The second-order valence-electron chi connectivity index (χ2n) is 6.36. The first-order chi connectivity index (χ1) is 13.2. The van der Waals surface area contributed by atoms with E-state index < -0.39 is 37.3 Å². The van der Waals surface area contributed by atoms with Crippen LogP contribution in [0.5, 0.6) is 0 Å². The minimum absolute atomic E-state index is 0.0672. The molecule has 11 nitrogen and oxygen atoms in total. The Morgan fingerprint density at radius 1 is 1.36 bits per heavy atom. The quantitative estimate of drug-likeness (QED) is 0.230. The lowest BCUT2D eigenvalue weighted by atomic mass is 10.2. The van der Waals surface area contributed by atoms with Crippen LogP contribution in [0.4, 0.5) is 0 Å². The van der Waals surface area contributed by atoms with Crippen molar-refractivity contribution >= 4 is 13.7 Å². The zero-order chi connectivity index (χ0) is 20.7. The van der Waals surface area contributed by atoms with Gasteiger partial charge in [-0.2, -0.15) is 0 Å². The molecule has 1 aliphatic rings. The molecule has 0 aliphatic carbocycles. The van der Waals surface area contributed by atoms with Crippen molar-refractivity contribution in [2.75, 3.05) is 13.2 Å². The van der Waals surface area contributed by atoms with Gasteiger partial charge >= 0.3 is 19.4 Å². The maximum absolute atomic E-state index is 12.0. The van der Waals surface area contributed by atoms with E-state index in [0.29, 0.717) is 24.8 Å². The number of aromatic nitrogens is 2. The number of aryl methyl sites for hydroxylation is 1. The monoisotopic (exact) mass is 417 g/mol. The van der Waals surface area contributed by atoms with Crippen molar-refractivity contribution < 1.29 is 28.6 Å². The molecule has 0 saturated carbocycles. The summed E-state index contributed by atoms with van der Waals surface area (Å²) in [5, 5.41) is 10.9. The summed E-state index contributed by atoms with van der Waals surface area (Å²) in [7, 11) is -4.02. The molecule has 3 atom stereocenters. The SMILES string of the molecule is Cc1cn([C@H]2C=C[C@@H](COP(=O)(O)NCCCCCC(=O)O)O2)c(=O)[nH]c1=O. The molecule has 2 rings (SSSR count). The molecule has 1 aromatic rings. The van der Waals surface area contributed by atoms with Crippen LogP contribution in [0.3, 0.4) is 0 Å². The molecule has 12 heteroatoms. The van der Waals surface area contributed by atoms with Gasteiger partial charge < -0.3 is 14.7 Å². The summed E-state index contributed by atoms with van der Waals surface area (Å²) in [6.45, 7) is 1.57. The van der Waals surface area contributed by atoms with Gasteiger partial charge in [-0.3, -0.25) is 23.7 Å². The Labute approximate surface area is 160 Å². The standard InChI is InChI=1S/C16H24N3O8P/c1-11-9-19(16(23)18-15(11)22)13-7-6-12(27-13)10-26-28(24,25)17-8-4-2-3-5-14(20)21/h6-7,9,12-13H,2-5,8,10H2,1H3,(H,20,21)(H2,17,24,25)(H,18,22,23)/t12-,13+/m0/s1. The molecule has 0 fully saturated rings. The fraction of sp³-hybridized carbons (Fsp3) is 0.562. The molecule has 0 radical (unpaired) electrons. The van der Waals surface area contributed by atoms with Crippen LogP contribution in [0, 0.1) is 6.92 Å². The van der Waals surface area contributed by atoms with Crippen molar-refractivity contribution in [3.8, 4) is 0 Å². The fourth-order valence-electron chi connectivity index (χ4n) is 2.54. The van der Waals surface area contributed by atoms with Crippen LogP contribution >= 0.6 is 7.75 Å². The van der Waals surface area contributed by atoms with Crippen molar-refractivity contribution in [3.05, 3.63) is 44.8 Å². The zero-order valence-corrected chi connectivity index (χ0v) is 16.3. The number of carbonyl (C=O) groups is 1. The third-order valence-electron chi connectivity index (χ3n) is 4.02. The maximum Gasteiger partial charge on any atom is 0.403 e. The lowest BCUT2D eigenvalue weighted by Gasteiger charge is -2.18. The molecule has 156 valence electrons. The number of hydrogen-bond donors (Lipinski definition) is 4. The second kappa shape index (κ2) is 9.94. The van der Waals surface area contributed by atoms with Gasteiger partial charge in [-0.25, -0.2) is 14.4 Å².